The summed E-state index contributed by atoms with van der Waals surface area (Å²) >= 11 is 0. The van der Waals surface area contributed by atoms with Gasteiger partial charge >= 0.3 is 5.97 Å². The monoisotopic (exact) mass is 332 g/mol. The lowest BCUT2D eigenvalue weighted by Crippen LogP contribution is -2.03. The summed E-state index contributed by atoms with van der Waals surface area (Å²) in [5.74, 6) is -1.68. The molecule has 0 aliphatic heterocycles. The van der Waals surface area contributed by atoms with Crippen LogP contribution in [0.1, 0.15) is 10.4 Å². The van der Waals surface area contributed by atoms with E-state index >= 15 is 0 Å². The van der Waals surface area contributed by atoms with Gasteiger partial charge in [0.15, 0.2) is 0 Å². The van der Waals surface area contributed by atoms with Gasteiger partial charge in [0.2, 0.25) is 0 Å². The van der Waals surface area contributed by atoms with Crippen LogP contribution in [-0.2, 0) is 4.79 Å². The molecule has 0 fully saturated rings. The average molecular weight is 332 g/mol. The minimum absolute atomic E-state index is 0.0137. The molecule has 10 heteroatoms. The van der Waals surface area contributed by atoms with Gasteiger partial charge in [-0.3, -0.25) is 25.0 Å². The SMILES string of the molecule is O=COc1cc([N+](=O)[O-])ccc1-c1ccc([N+](=O)[O-])cc1C(=O)O. The predicted molar refractivity (Wildman–Crippen MR) is 78.8 cm³/mol. The molecular weight excluding hydrogens is 324 g/mol. The number of carbonyl (C=O) groups excluding carboxylic acids is 1. The highest BCUT2D eigenvalue weighted by molar-refractivity contribution is 5.98. The summed E-state index contributed by atoms with van der Waals surface area (Å²) in [7, 11) is 0. The number of benzene rings is 2. The van der Waals surface area contributed by atoms with E-state index in [0.717, 1.165) is 24.3 Å². The number of rotatable bonds is 6. The molecule has 0 aromatic heterocycles. The third kappa shape index (κ3) is 3.16. The number of nitro groups is 2. The fourth-order valence-corrected chi connectivity index (χ4v) is 2.05. The number of carboxylic acid groups (broad SMARTS) is 1. The third-order valence-corrected chi connectivity index (χ3v) is 3.09. The van der Waals surface area contributed by atoms with Crippen molar-refractivity contribution in [1.29, 1.82) is 0 Å². The van der Waals surface area contributed by atoms with Crippen LogP contribution < -0.4 is 4.74 Å². The first-order valence-electron chi connectivity index (χ1n) is 6.26. The Morgan fingerprint density at radius 1 is 1.00 bits per heavy atom. The number of non-ortho nitro benzene ring substituents is 2. The summed E-state index contributed by atoms with van der Waals surface area (Å²) < 4.78 is 4.68. The summed E-state index contributed by atoms with van der Waals surface area (Å²) in [5.41, 5.74) is -1.13. The fourth-order valence-electron chi connectivity index (χ4n) is 2.05. The zero-order chi connectivity index (χ0) is 17.9. The van der Waals surface area contributed by atoms with Crippen molar-refractivity contribution in [2.45, 2.75) is 0 Å². The molecule has 122 valence electrons. The van der Waals surface area contributed by atoms with Crippen molar-refractivity contribution >= 4 is 23.8 Å². The summed E-state index contributed by atoms with van der Waals surface area (Å²) in [6.45, 7) is 0.0361. The van der Waals surface area contributed by atoms with Gasteiger partial charge in [-0.1, -0.05) is 0 Å². The average Bonchev–Trinajstić information content (AvgIpc) is 2.54. The molecule has 0 aliphatic carbocycles. The molecule has 2 rings (SSSR count). The Labute approximate surface area is 133 Å². The maximum atomic E-state index is 11.4. The lowest BCUT2D eigenvalue weighted by molar-refractivity contribution is -0.385. The van der Waals surface area contributed by atoms with Gasteiger partial charge in [0.1, 0.15) is 5.75 Å². The van der Waals surface area contributed by atoms with Crippen molar-refractivity contribution in [2.75, 3.05) is 0 Å². The van der Waals surface area contributed by atoms with Gasteiger partial charge in [-0.25, -0.2) is 4.79 Å². The molecule has 0 amide bonds. The second kappa shape index (κ2) is 6.52. The molecule has 0 radical (unpaired) electrons. The van der Waals surface area contributed by atoms with E-state index in [2.05, 4.69) is 4.74 Å². The standard InChI is InChI=1S/C14H8N2O8/c17-7-24-13-6-9(16(22)23)2-4-11(13)10-3-1-8(15(20)21)5-12(10)14(18)19/h1-7H,(H,18,19). The Bertz CT molecular complexity index is 862. The van der Waals surface area contributed by atoms with Crippen LogP contribution in [0.4, 0.5) is 11.4 Å². The van der Waals surface area contributed by atoms with Gasteiger partial charge < -0.3 is 9.84 Å². The van der Waals surface area contributed by atoms with Gasteiger partial charge in [0, 0.05) is 29.3 Å². The first kappa shape index (κ1) is 16.5. The minimum Gasteiger partial charge on any atom is -0.478 e. The summed E-state index contributed by atoms with van der Waals surface area (Å²) in [6.07, 6.45) is 0. The predicted octanol–water partition coefficient (Wildman–Crippen LogP) is 2.40. The molecule has 0 heterocycles. The van der Waals surface area contributed by atoms with Crippen LogP contribution >= 0.6 is 0 Å². The summed E-state index contributed by atoms with van der Waals surface area (Å²) in [5, 5.41) is 30.8. The molecule has 2 aromatic carbocycles. The quantitative estimate of drug-likeness (QED) is 0.481. The first-order chi connectivity index (χ1) is 11.3. The molecular formula is C14H8N2O8. The molecule has 0 unspecified atom stereocenters. The smallest absolute Gasteiger partial charge is 0.336 e. The van der Waals surface area contributed by atoms with E-state index in [-0.39, 0.29) is 29.0 Å². The van der Waals surface area contributed by atoms with Gasteiger partial charge in [-0.2, -0.15) is 0 Å². The third-order valence-electron chi connectivity index (χ3n) is 3.09. The Hall–Kier alpha value is -3.82. The zero-order valence-electron chi connectivity index (χ0n) is 11.7. The Morgan fingerprint density at radius 2 is 1.54 bits per heavy atom. The minimum atomic E-state index is -1.44. The number of ether oxygens (including phenoxy) is 1. The van der Waals surface area contributed by atoms with Crippen molar-refractivity contribution in [2.24, 2.45) is 0 Å². The van der Waals surface area contributed by atoms with E-state index in [1.807, 2.05) is 0 Å². The summed E-state index contributed by atoms with van der Waals surface area (Å²) in [4.78, 5) is 42.1. The lowest BCUT2D eigenvalue weighted by Gasteiger charge is -2.10. The lowest BCUT2D eigenvalue weighted by atomic mass is 9.98. The van der Waals surface area contributed by atoms with Crippen LogP contribution in [0, 0.1) is 20.2 Å². The van der Waals surface area contributed by atoms with E-state index in [9.17, 15) is 34.9 Å². The highest BCUT2D eigenvalue weighted by Gasteiger charge is 2.21. The van der Waals surface area contributed by atoms with Gasteiger partial charge in [-0.15, -0.1) is 0 Å². The maximum Gasteiger partial charge on any atom is 0.336 e. The molecule has 0 saturated heterocycles. The van der Waals surface area contributed by atoms with Gasteiger partial charge in [0.25, 0.3) is 17.8 Å². The van der Waals surface area contributed by atoms with E-state index in [0.29, 0.717) is 0 Å². The van der Waals surface area contributed by atoms with Crippen LogP contribution in [0.25, 0.3) is 11.1 Å². The molecule has 0 spiro atoms. The largest absolute Gasteiger partial charge is 0.478 e. The van der Waals surface area contributed by atoms with Crippen LogP contribution in [0.15, 0.2) is 36.4 Å². The molecule has 1 N–H and O–H groups in total. The van der Waals surface area contributed by atoms with E-state index in [1.54, 1.807) is 0 Å². The number of hydrogen-bond acceptors (Lipinski definition) is 7. The molecule has 0 bridgehead atoms. The van der Waals surface area contributed by atoms with Crippen LogP contribution in [-0.4, -0.2) is 27.4 Å². The zero-order valence-corrected chi connectivity index (χ0v) is 11.7. The number of carboxylic acids is 1. The normalized spacial score (nSPS) is 10.0. The molecule has 10 nitrogen and oxygen atoms in total. The first-order valence-corrected chi connectivity index (χ1v) is 6.26. The van der Waals surface area contributed by atoms with E-state index < -0.39 is 27.1 Å². The topological polar surface area (TPSA) is 150 Å². The molecule has 24 heavy (non-hydrogen) atoms. The highest BCUT2D eigenvalue weighted by Crippen LogP contribution is 2.36. The number of aromatic carboxylic acids is 1. The maximum absolute atomic E-state index is 11.4. The summed E-state index contributed by atoms with van der Waals surface area (Å²) in [6, 6.07) is 6.35. The number of nitrogens with zero attached hydrogens (tertiary/aromatic N) is 2. The fraction of sp³-hybridized carbons (Fsp3) is 0. The molecule has 2 aromatic rings. The second-order valence-electron chi connectivity index (χ2n) is 4.44. The van der Waals surface area contributed by atoms with Gasteiger partial charge in [-0.05, 0) is 12.1 Å². The van der Waals surface area contributed by atoms with Crippen molar-refractivity contribution < 1.29 is 29.3 Å². The molecule has 0 saturated carbocycles. The van der Waals surface area contributed by atoms with Gasteiger partial charge in [0.05, 0.1) is 21.5 Å². The molecule has 0 atom stereocenters. The number of hydrogen-bond donors (Lipinski definition) is 1. The Balaban J connectivity index is 2.70. The van der Waals surface area contributed by atoms with Crippen molar-refractivity contribution in [1.82, 2.24) is 0 Å². The highest BCUT2D eigenvalue weighted by atomic mass is 16.6. The van der Waals surface area contributed by atoms with Crippen molar-refractivity contribution in [3.8, 4) is 16.9 Å². The van der Waals surface area contributed by atoms with Crippen LogP contribution in [0.3, 0.4) is 0 Å². The Morgan fingerprint density at radius 3 is 2.04 bits per heavy atom. The second-order valence-corrected chi connectivity index (χ2v) is 4.44. The van der Waals surface area contributed by atoms with Crippen molar-refractivity contribution in [3.05, 3.63) is 62.2 Å². The number of carbonyl (C=O) groups is 2. The molecule has 0 aliphatic rings. The van der Waals surface area contributed by atoms with Crippen LogP contribution in [0.5, 0.6) is 5.75 Å². The Kier molecular flexibility index (Phi) is 4.50. The van der Waals surface area contributed by atoms with Crippen LogP contribution in [0.2, 0.25) is 0 Å². The van der Waals surface area contributed by atoms with E-state index in [1.165, 1.54) is 12.1 Å². The number of nitro benzene ring substituents is 2. The van der Waals surface area contributed by atoms with Crippen molar-refractivity contribution in [3.63, 3.8) is 0 Å². The van der Waals surface area contributed by atoms with E-state index in [4.69, 9.17) is 0 Å².